The lowest BCUT2D eigenvalue weighted by atomic mass is 10.1. The van der Waals surface area contributed by atoms with E-state index in [1.54, 1.807) is 13.8 Å². The van der Waals surface area contributed by atoms with Crippen molar-refractivity contribution in [3.8, 4) is 0 Å². The molecule has 0 amide bonds. The number of rotatable bonds is 6. The predicted octanol–water partition coefficient (Wildman–Crippen LogP) is 3.42. The standard InChI is InChI=1S/C12H14Cl3NO4S/c1-6(2)3-10(12(17)18)16-21(19,20)11-8(14)4-7(13)5-9(11)15/h4-6,10,16H,3H2,1-2H3,(H,17,18)/t10-/m0/s1. The Kier molecular flexibility index (Phi) is 6.31. The second-order valence-electron chi connectivity index (χ2n) is 4.84. The summed E-state index contributed by atoms with van der Waals surface area (Å²) in [6.45, 7) is 3.57. The first-order valence-electron chi connectivity index (χ1n) is 5.94. The van der Waals surface area contributed by atoms with E-state index in [2.05, 4.69) is 4.72 Å². The highest BCUT2D eigenvalue weighted by atomic mass is 35.5. The van der Waals surface area contributed by atoms with Gasteiger partial charge in [-0.3, -0.25) is 4.79 Å². The maximum Gasteiger partial charge on any atom is 0.321 e. The van der Waals surface area contributed by atoms with Crippen molar-refractivity contribution in [2.45, 2.75) is 31.2 Å². The zero-order chi connectivity index (χ0) is 16.4. The minimum absolute atomic E-state index is 0.00929. The molecule has 118 valence electrons. The van der Waals surface area contributed by atoms with Crippen LogP contribution in [-0.4, -0.2) is 25.5 Å². The molecule has 5 nitrogen and oxygen atoms in total. The molecule has 2 N–H and O–H groups in total. The Bertz CT molecular complexity index is 623. The van der Waals surface area contributed by atoms with Gasteiger partial charge in [0.2, 0.25) is 10.0 Å². The van der Waals surface area contributed by atoms with Crippen LogP contribution >= 0.6 is 34.8 Å². The molecule has 0 aliphatic carbocycles. The van der Waals surface area contributed by atoms with Gasteiger partial charge in [-0.15, -0.1) is 0 Å². The Morgan fingerprint density at radius 1 is 1.24 bits per heavy atom. The normalized spacial score (nSPS) is 13.4. The summed E-state index contributed by atoms with van der Waals surface area (Å²) in [7, 11) is -4.18. The van der Waals surface area contributed by atoms with Crippen molar-refractivity contribution < 1.29 is 18.3 Å². The summed E-state index contributed by atoms with van der Waals surface area (Å²) in [6.07, 6.45) is 0.136. The van der Waals surface area contributed by atoms with Gasteiger partial charge in [-0.25, -0.2) is 8.42 Å². The lowest BCUT2D eigenvalue weighted by Crippen LogP contribution is -2.41. The largest absolute Gasteiger partial charge is 0.480 e. The van der Waals surface area contributed by atoms with Crippen molar-refractivity contribution >= 4 is 50.8 Å². The van der Waals surface area contributed by atoms with Gasteiger partial charge in [0.15, 0.2) is 0 Å². The van der Waals surface area contributed by atoms with Gasteiger partial charge in [-0.05, 0) is 24.5 Å². The average Bonchev–Trinajstić information content (AvgIpc) is 2.24. The number of carboxylic acids is 1. The minimum atomic E-state index is -4.18. The van der Waals surface area contributed by atoms with Crippen molar-refractivity contribution in [3.05, 3.63) is 27.2 Å². The van der Waals surface area contributed by atoms with Gasteiger partial charge >= 0.3 is 5.97 Å². The summed E-state index contributed by atoms with van der Waals surface area (Å²) in [5.41, 5.74) is 0. The molecule has 1 aromatic rings. The lowest BCUT2D eigenvalue weighted by molar-refractivity contribution is -0.139. The Morgan fingerprint density at radius 3 is 2.10 bits per heavy atom. The van der Waals surface area contributed by atoms with Crippen LogP contribution in [0.2, 0.25) is 15.1 Å². The van der Waals surface area contributed by atoms with Gasteiger partial charge in [0.25, 0.3) is 0 Å². The summed E-state index contributed by atoms with van der Waals surface area (Å²) < 4.78 is 26.7. The Labute approximate surface area is 138 Å². The molecule has 0 unspecified atom stereocenters. The number of hydrogen-bond donors (Lipinski definition) is 2. The van der Waals surface area contributed by atoms with Crippen molar-refractivity contribution in [1.29, 1.82) is 0 Å². The highest BCUT2D eigenvalue weighted by Gasteiger charge is 2.29. The lowest BCUT2D eigenvalue weighted by Gasteiger charge is -2.17. The minimum Gasteiger partial charge on any atom is -0.480 e. The Hall–Kier alpha value is -0.530. The number of sulfonamides is 1. The van der Waals surface area contributed by atoms with E-state index < -0.39 is 22.0 Å². The van der Waals surface area contributed by atoms with E-state index in [1.807, 2.05) is 0 Å². The van der Waals surface area contributed by atoms with Crippen LogP contribution in [0.25, 0.3) is 0 Å². The summed E-state index contributed by atoms with van der Waals surface area (Å²) in [5, 5.41) is 8.94. The third kappa shape index (κ3) is 5.00. The molecule has 0 bridgehead atoms. The molecular formula is C12H14Cl3NO4S. The number of carbonyl (C=O) groups is 1. The quantitative estimate of drug-likeness (QED) is 0.799. The Balaban J connectivity index is 3.20. The van der Waals surface area contributed by atoms with Gasteiger partial charge in [0.1, 0.15) is 10.9 Å². The Morgan fingerprint density at radius 2 is 1.71 bits per heavy atom. The maximum absolute atomic E-state index is 12.3. The van der Waals surface area contributed by atoms with E-state index >= 15 is 0 Å². The van der Waals surface area contributed by atoms with E-state index in [4.69, 9.17) is 39.9 Å². The molecule has 0 aromatic heterocycles. The number of nitrogens with one attached hydrogen (secondary N) is 1. The zero-order valence-corrected chi connectivity index (χ0v) is 14.3. The second-order valence-corrected chi connectivity index (χ2v) is 7.74. The molecule has 0 fully saturated rings. The van der Waals surface area contributed by atoms with E-state index in [0.29, 0.717) is 0 Å². The van der Waals surface area contributed by atoms with Crippen LogP contribution in [0.4, 0.5) is 0 Å². The molecule has 0 radical (unpaired) electrons. The van der Waals surface area contributed by atoms with Crippen LogP contribution in [0.15, 0.2) is 17.0 Å². The van der Waals surface area contributed by atoms with Crippen molar-refractivity contribution in [3.63, 3.8) is 0 Å². The molecule has 0 heterocycles. The third-order valence-electron chi connectivity index (χ3n) is 2.53. The summed E-state index contributed by atoms with van der Waals surface area (Å²) >= 11 is 17.4. The first-order valence-corrected chi connectivity index (χ1v) is 8.56. The number of halogens is 3. The predicted molar refractivity (Wildman–Crippen MR) is 82.7 cm³/mol. The maximum atomic E-state index is 12.3. The van der Waals surface area contributed by atoms with Crippen molar-refractivity contribution in [2.75, 3.05) is 0 Å². The molecule has 9 heteroatoms. The summed E-state index contributed by atoms with van der Waals surface area (Å²) in [6, 6.07) is 1.18. The van der Waals surface area contributed by atoms with E-state index in [-0.39, 0.29) is 32.3 Å². The van der Waals surface area contributed by atoms with Crippen LogP contribution in [0.3, 0.4) is 0 Å². The van der Waals surface area contributed by atoms with Crippen LogP contribution in [0.1, 0.15) is 20.3 Å². The van der Waals surface area contributed by atoms with Crippen LogP contribution in [-0.2, 0) is 14.8 Å². The highest BCUT2D eigenvalue weighted by molar-refractivity contribution is 7.89. The summed E-state index contributed by atoms with van der Waals surface area (Å²) in [5.74, 6) is -1.28. The van der Waals surface area contributed by atoms with E-state index in [9.17, 15) is 13.2 Å². The topological polar surface area (TPSA) is 83.5 Å². The third-order valence-corrected chi connectivity index (χ3v) is 5.15. The molecule has 0 saturated carbocycles. The van der Waals surface area contributed by atoms with Crippen LogP contribution in [0.5, 0.6) is 0 Å². The molecule has 0 spiro atoms. The first-order chi connectivity index (χ1) is 9.54. The first kappa shape index (κ1) is 18.5. The van der Waals surface area contributed by atoms with Crippen molar-refractivity contribution in [1.82, 2.24) is 4.72 Å². The monoisotopic (exact) mass is 373 g/mol. The molecule has 0 aliphatic heterocycles. The molecule has 1 rings (SSSR count). The average molecular weight is 375 g/mol. The van der Waals surface area contributed by atoms with Crippen LogP contribution in [0, 0.1) is 5.92 Å². The molecule has 21 heavy (non-hydrogen) atoms. The van der Waals surface area contributed by atoms with E-state index in [1.165, 1.54) is 12.1 Å². The fraction of sp³-hybridized carbons (Fsp3) is 0.417. The number of carboxylic acid groups (broad SMARTS) is 1. The molecule has 1 atom stereocenters. The van der Waals surface area contributed by atoms with Crippen molar-refractivity contribution in [2.24, 2.45) is 5.92 Å². The number of benzene rings is 1. The van der Waals surface area contributed by atoms with Gasteiger partial charge in [-0.2, -0.15) is 4.72 Å². The second kappa shape index (κ2) is 7.15. The van der Waals surface area contributed by atoms with E-state index in [0.717, 1.165) is 0 Å². The molecular weight excluding hydrogens is 361 g/mol. The van der Waals surface area contributed by atoms with Gasteiger partial charge in [0.05, 0.1) is 10.0 Å². The molecule has 0 saturated heterocycles. The number of aliphatic carboxylic acids is 1. The molecule has 0 aliphatic rings. The number of hydrogen-bond acceptors (Lipinski definition) is 3. The fourth-order valence-electron chi connectivity index (χ4n) is 1.70. The molecule has 1 aromatic carbocycles. The van der Waals surface area contributed by atoms with Gasteiger partial charge in [0, 0.05) is 5.02 Å². The summed E-state index contributed by atoms with van der Waals surface area (Å²) in [4.78, 5) is 10.8. The van der Waals surface area contributed by atoms with Gasteiger partial charge in [-0.1, -0.05) is 48.7 Å². The van der Waals surface area contributed by atoms with Crippen LogP contribution < -0.4 is 4.72 Å². The SMILES string of the molecule is CC(C)C[C@H](NS(=O)(=O)c1c(Cl)cc(Cl)cc1Cl)C(=O)O. The highest BCUT2D eigenvalue weighted by Crippen LogP contribution is 2.32. The van der Waals surface area contributed by atoms with Gasteiger partial charge < -0.3 is 5.11 Å². The smallest absolute Gasteiger partial charge is 0.321 e. The zero-order valence-electron chi connectivity index (χ0n) is 11.2. The fourth-order valence-corrected chi connectivity index (χ4v) is 4.45.